The molecular weight excluding hydrogens is 559 g/mol. The number of rotatable bonds is 9. The molecule has 41 heavy (non-hydrogen) atoms. The molecule has 2 N–H and O–H groups in total. The highest BCUT2D eigenvalue weighted by molar-refractivity contribution is 7.98. The highest BCUT2D eigenvalue weighted by Crippen LogP contribution is 2.32. The maximum atomic E-state index is 15.5. The molecule has 0 spiro atoms. The number of hydrogen-bond donors (Lipinski definition) is 2. The second-order valence-corrected chi connectivity index (χ2v) is 11.7. The Kier molecular flexibility index (Phi) is 9.32. The molecule has 1 amide bonds. The van der Waals surface area contributed by atoms with E-state index in [-0.39, 0.29) is 29.4 Å². The van der Waals surface area contributed by atoms with Gasteiger partial charge in [0, 0.05) is 64.0 Å². The number of ether oxygens (including phenoxy) is 1. The molecule has 0 aliphatic carbocycles. The van der Waals surface area contributed by atoms with Crippen LogP contribution in [0.2, 0.25) is 0 Å². The Morgan fingerprint density at radius 2 is 2.05 bits per heavy atom. The summed E-state index contributed by atoms with van der Waals surface area (Å²) in [6.07, 6.45) is 1.09. The molecule has 2 aromatic heterocycles. The molecule has 1 saturated heterocycles. The van der Waals surface area contributed by atoms with Crippen molar-refractivity contribution >= 4 is 40.9 Å². The quantitative estimate of drug-likeness (QED) is 0.263. The lowest BCUT2D eigenvalue weighted by molar-refractivity contribution is 0.0298. The van der Waals surface area contributed by atoms with Crippen molar-refractivity contribution in [1.82, 2.24) is 23.7 Å². The molecule has 1 aliphatic heterocycles. The maximum absolute atomic E-state index is 15.5. The smallest absolute Gasteiger partial charge is 0.410 e. The standard InChI is InChI=1S/C27H34F3N7O3S/c1-27(2,3)40-26(39)35(4)11-6-10-31-25-32-14-16-13-18(24(38)36(5)23(16)33-25)21-19(29)7-8-20(22(21)30)34-41-37-12-9-17(28)15-37/h7-8,13-14,17,34H,6,9-12,15H2,1-5H3,(H,31,32,33)/t17-/m1/s1. The number of halogens is 3. The minimum atomic E-state index is -0.942. The number of aryl methyl sites for hydroxylation is 1. The number of carbonyl (C=O) groups excluding carboxylic acids is 1. The molecular formula is C27H34F3N7O3S. The highest BCUT2D eigenvalue weighted by atomic mass is 32.2. The average molecular weight is 594 g/mol. The van der Waals surface area contributed by atoms with E-state index >= 15 is 4.39 Å². The lowest BCUT2D eigenvalue weighted by Gasteiger charge is -2.24. The number of amides is 1. The minimum absolute atomic E-state index is 0.0241. The summed E-state index contributed by atoms with van der Waals surface area (Å²) in [7, 11) is 3.12. The number of benzene rings is 1. The molecule has 1 aliphatic rings. The fraction of sp³-hybridized carbons (Fsp3) is 0.481. The van der Waals surface area contributed by atoms with Crippen LogP contribution < -0.4 is 15.6 Å². The SMILES string of the molecule is CN(CCCNc1ncc2cc(-c3c(F)ccc(NSN4CC[C@@H](F)C4)c3F)c(=O)n(C)c2n1)C(=O)OC(C)(C)C. The molecule has 14 heteroatoms. The Balaban J connectivity index is 1.48. The van der Waals surface area contributed by atoms with Gasteiger partial charge in [-0.15, -0.1) is 0 Å². The van der Waals surface area contributed by atoms with Gasteiger partial charge in [0.05, 0.1) is 16.8 Å². The Morgan fingerprint density at radius 1 is 1.29 bits per heavy atom. The topological polar surface area (TPSA) is 105 Å². The predicted molar refractivity (Wildman–Crippen MR) is 154 cm³/mol. The Labute approximate surface area is 240 Å². The molecule has 0 radical (unpaired) electrons. The van der Waals surface area contributed by atoms with Gasteiger partial charge in [0.25, 0.3) is 5.56 Å². The minimum Gasteiger partial charge on any atom is -0.444 e. The third kappa shape index (κ3) is 7.41. The normalized spacial score (nSPS) is 15.8. The molecule has 0 saturated carbocycles. The van der Waals surface area contributed by atoms with Crippen molar-refractivity contribution in [2.45, 2.75) is 45.4 Å². The van der Waals surface area contributed by atoms with Gasteiger partial charge in [0.15, 0.2) is 5.82 Å². The van der Waals surface area contributed by atoms with Crippen LogP contribution >= 0.6 is 12.1 Å². The van der Waals surface area contributed by atoms with Gasteiger partial charge < -0.3 is 19.7 Å². The van der Waals surface area contributed by atoms with E-state index in [9.17, 15) is 18.4 Å². The van der Waals surface area contributed by atoms with Crippen LogP contribution in [0.5, 0.6) is 0 Å². The molecule has 3 heterocycles. The summed E-state index contributed by atoms with van der Waals surface area (Å²) in [5.41, 5.74) is -1.61. The second-order valence-electron chi connectivity index (χ2n) is 10.8. The highest BCUT2D eigenvalue weighted by Gasteiger charge is 2.25. The first-order valence-electron chi connectivity index (χ1n) is 13.2. The van der Waals surface area contributed by atoms with Crippen LogP contribution in [-0.2, 0) is 11.8 Å². The van der Waals surface area contributed by atoms with Crippen molar-refractivity contribution in [1.29, 1.82) is 0 Å². The van der Waals surface area contributed by atoms with Crippen LogP contribution in [0.25, 0.3) is 22.2 Å². The van der Waals surface area contributed by atoms with E-state index in [4.69, 9.17) is 4.74 Å². The summed E-state index contributed by atoms with van der Waals surface area (Å²) in [5.74, 6) is -1.56. The number of hydrogen-bond acceptors (Lipinski definition) is 9. The van der Waals surface area contributed by atoms with Gasteiger partial charge in [-0.2, -0.15) is 4.98 Å². The maximum Gasteiger partial charge on any atom is 0.410 e. The molecule has 10 nitrogen and oxygen atoms in total. The number of fused-ring (bicyclic) bond motifs is 1. The van der Waals surface area contributed by atoms with E-state index in [0.717, 1.165) is 18.2 Å². The van der Waals surface area contributed by atoms with Crippen molar-refractivity contribution in [3.8, 4) is 11.1 Å². The zero-order chi connectivity index (χ0) is 29.9. The summed E-state index contributed by atoms with van der Waals surface area (Å²) >= 11 is 1.03. The van der Waals surface area contributed by atoms with Gasteiger partial charge in [-0.1, -0.05) is 0 Å². The molecule has 222 valence electrons. The van der Waals surface area contributed by atoms with Crippen molar-refractivity contribution in [3.05, 3.63) is 46.4 Å². The fourth-order valence-corrected chi connectivity index (χ4v) is 5.04. The van der Waals surface area contributed by atoms with Crippen molar-refractivity contribution in [3.63, 3.8) is 0 Å². The van der Waals surface area contributed by atoms with E-state index in [1.54, 1.807) is 32.1 Å². The molecule has 0 bridgehead atoms. The first-order chi connectivity index (χ1) is 19.3. The van der Waals surface area contributed by atoms with Crippen molar-refractivity contribution in [2.24, 2.45) is 7.05 Å². The van der Waals surface area contributed by atoms with E-state index in [0.29, 0.717) is 37.9 Å². The number of nitrogens with zero attached hydrogens (tertiary/aromatic N) is 5. The molecule has 1 atom stereocenters. The largest absolute Gasteiger partial charge is 0.444 e. The molecule has 3 aromatic rings. The lowest BCUT2D eigenvalue weighted by atomic mass is 10.0. The molecule has 1 aromatic carbocycles. The number of pyridine rings is 1. The number of aromatic nitrogens is 3. The van der Waals surface area contributed by atoms with E-state index in [2.05, 4.69) is 20.0 Å². The summed E-state index contributed by atoms with van der Waals surface area (Å²) < 4.78 is 54.9. The number of carbonyl (C=O) groups is 1. The van der Waals surface area contributed by atoms with E-state index in [1.807, 2.05) is 0 Å². The van der Waals surface area contributed by atoms with Gasteiger partial charge in [0.1, 0.15) is 23.2 Å². The molecule has 0 unspecified atom stereocenters. The Bertz CT molecular complexity index is 1480. The van der Waals surface area contributed by atoms with Gasteiger partial charge in [-0.3, -0.25) is 9.36 Å². The Hall–Kier alpha value is -3.52. The summed E-state index contributed by atoms with van der Waals surface area (Å²) in [6, 6.07) is 3.68. The summed E-state index contributed by atoms with van der Waals surface area (Å²) in [6.45, 7) is 6.99. The third-order valence-corrected chi connectivity index (χ3v) is 7.25. The first-order valence-corrected chi connectivity index (χ1v) is 14.0. The number of alkyl halides is 1. The van der Waals surface area contributed by atoms with Crippen LogP contribution in [0.1, 0.15) is 33.6 Å². The second kappa shape index (κ2) is 12.6. The number of anilines is 2. The van der Waals surface area contributed by atoms with Crippen LogP contribution in [0.15, 0.2) is 29.2 Å². The lowest BCUT2D eigenvalue weighted by Crippen LogP contribution is -2.35. The Morgan fingerprint density at radius 3 is 2.73 bits per heavy atom. The van der Waals surface area contributed by atoms with Gasteiger partial charge in [0.2, 0.25) is 5.95 Å². The van der Waals surface area contributed by atoms with E-state index in [1.165, 1.54) is 34.8 Å². The zero-order valence-corrected chi connectivity index (χ0v) is 24.4. The molecule has 4 rings (SSSR count). The van der Waals surface area contributed by atoms with Crippen LogP contribution in [-0.4, -0.2) is 74.8 Å². The van der Waals surface area contributed by atoms with Gasteiger partial charge in [-0.25, -0.2) is 27.3 Å². The average Bonchev–Trinajstić information content (AvgIpc) is 3.33. The summed E-state index contributed by atoms with van der Waals surface area (Å²) in [4.78, 5) is 35.5. The van der Waals surface area contributed by atoms with E-state index < -0.39 is 40.6 Å². The summed E-state index contributed by atoms with van der Waals surface area (Å²) in [5, 5.41) is 3.48. The van der Waals surface area contributed by atoms with Crippen molar-refractivity contribution in [2.75, 3.05) is 43.3 Å². The van der Waals surface area contributed by atoms with Crippen molar-refractivity contribution < 1.29 is 22.7 Å². The van der Waals surface area contributed by atoms with Gasteiger partial charge in [-0.05, 0) is 51.8 Å². The monoisotopic (exact) mass is 593 g/mol. The first kappa shape index (κ1) is 30.4. The van der Waals surface area contributed by atoms with Crippen LogP contribution in [0.4, 0.5) is 29.6 Å². The zero-order valence-electron chi connectivity index (χ0n) is 23.6. The predicted octanol–water partition coefficient (Wildman–Crippen LogP) is 4.96. The number of nitrogens with one attached hydrogen (secondary N) is 2. The van der Waals surface area contributed by atoms with Gasteiger partial charge >= 0.3 is 6.09 Å². The van der Waals surface area contributed by atoms with Crippen LogP contribution in [0.3, 0.4) is 0 Å². The molecule has 1 fully saturated rings. The third-order valence-electron chi connectivity index (χ3n) is 6.35. The van der Waals surface area contributed by atoms with Crippen LogP contribution in [0, 0.1) is 11.6 Å². The fourth-order valence-electron chi connectivity index (χ4n) is 4.22.